The summed E-state index contributed by atoms with van der Waals surface area (Å²) in [5.74, 6) is -0.693. The highest BCUT2D eigenvalue weighted by Gasteiger charge is 1.90. The van der Waals surface area contributed by atoms with E-state index in [0.717, 1.165) is 12.8 Å². The lowest BCUT2D eigenvalue weighted by atomic mass is 10.3. The molecule has 0 bridgehead atoms. The van der Waals surface area contributed by atoms with Gasteiger partial charge in [0.2, 0.25) is 0 Å². The van der Waals surface area contributed by atoms with Gasteiger partial charge in [-0.25, -0.2) is 0 Å². The molecule has 0 fully saturated rings. The molecule has 1 aromatic heterocycles. The molecular weight excluding hydrogens is 156 g/mol. The zero-order chi connectivity index (χ0) is 9.23. The first-order valence-corrected chi connectivity index (χ1v) is 3.93. The van der Waals surface area contributed by atoms with Gasteiger partial charge >= 0.3 is 5.97 Å². The van der Waals surface area contributed by atoms with Crippen LogP contribution in [0.15, 0.2) is 18.5 Å². The highest BCUT2D eigenvalue weighted by Crippen LogP contribution is 1.91. The summed E-state index contributed by atoms with van der Waals surface area (Å²) >= 11 is 0. The van der Waals surface area contributed by atoms with E-state index in [1.165, 1.54) is 0 Å². The minimum absolute atomic E-state index is 0.316. The molecule has 0 aromatic carbocycles. The van der Waals surface area contributed by atoms with Crippen LogP contribution in [-0.2, 0) is 4.79 Å². The molecule has 4 heteroatoms. The fraction of sp³-hybridized carbons (Fsp3) is 0.500. The third-order valence-electron chi connectivity index (χ3n) is 1.15. The zero-order valence-corrected chi connectivity index (χ0v) is 7.16. The van der Waals surface area contributed by atoms with Crippen molar-refractivity contribution in [1.29, 1.82) is 0 Å². The van der Waals surface area contributed by atoms with Gasteiger partial charge in [-0.1, -0.05) is 13.3 Å². The Kier molecular flexibility index (Phi) is 6.93. The van der Waals surface area contributed by atoms with Gasteiger partial charge in [0.25, 0.3) is 0 Å². The van der Waals surface area contributed by atoms with E-state index in [-0.39, 0.29) is 0 Å². The second-order valence-corrected chi connectivity index (χ2v) is 2.26. The molecule has 1 rings (SSSR count). The number of carboxylic acid groups (broad SMARTS) is 1. The van der Waals surface area contributed by atoms with E-state index in [4.69, 9.17) is 5.11 Å². The molecule has 0 radical (unpaired) electrons. The molecule has 2 N–H and O–H groups in total. The highest BCUT2D eigenvalue weighted by molar-refractivity contribution is 5.66. The third-order valence-corrected chi connectivity index (χ3v) is 1.15. The van der Waals surface area contributed by atoms with Crippen LogP contribution in [0.4, 0.5) is 0 Å². The number of nitrogens with zero attached hydrogens (tertiary/aromatic N) is 1. The molecule has 12 heavy (non-hydrogen) atoms. The molecule has 0 aliphatic carbocycles. The smallest absolute Gasteiger partial charge is 0.303 e. The van der Waals surface area contributed by atoms with Crippen LogP contribution in [0.3, 0.4) is 0 Å². The van der Waals surface area contributed by atoms with Crippen molar-refractivity contribution in [2.75, 3.05) is 0 Å². The monoisotopic (exact) mass is 170 g/mol. The van der Waals surface area contributed by atoms with Crippen molar-refractivity contribution in [2.24, 2.45) is 0 Å². The van der Waals surface area contributed by atoms with Crippen LogP contribution in [0.1, 0.15) is 26.2 Å². The number of nitrogens with one attached hydrogen (secondary N) is 1. The molecule has 68 valence electrons. The van der Waals surface area contributed by atoms with Crippen LogP contribution in [0.25, 0.3) is 0 Å². The van der Waals surface area contributed by atoms with Crippen LogP contribution >= 0.6 is 0 Å². The molecule has 0 unspecified atom stereocenters. The molecule has 0 aliphatic rings. The van der Waals surface area contributed by atoms with Gasteiger partial charge in [0.05, 0.1) is 0 Å². The van der Waals surface area contributed by atoms with E-state index in [0.29, 0.717) is 6.42 Å². The molecule has 1 heterocycles. The Morgan fingerprint density at radius 3 is 2.58 bits per heavy atom. The Morgan fingerprint density at radius 1 is 1.67 bits per heavy atom. The normalized spacial score (nSPS) is 8.42. The van der Waals surface area contributed by atoms with Gasteiger partial charge in [-0.05, 0) is 12.5 Å². The molecular formula is C8H14N2O2. The van der Waals surface area contributed by atoms with Crippen molar-refractivity contribution in [1.82, 2.24) is 10.2 Å². The van der Waals surface area contributed by atoms with Gasteiger partial charge in [-0.2, -0.15) is 5.10 Å². The van der Waals surface area contributed by atoms with E-state index in [1.807, 2.05) is 13.0 Å². The zero-order valence-electron chi connectivity index (χ0n) is 7.16. The van der Waals surface area contributed by atoms with Gasteiger partial charge in [0.15, 0.2) is 0 Å². The second kappa shape index (κ2) is 7.78. The number of carboxylic acids is 1. The maximum Gasteiger partial charge on any atom is 0.303 e. The lowest BCUT2D eigenvalue weighted by Gasteiger charge is -1.85. The summed E-state index contributed by atoms with van der Waals surface area (Å²) in [4.78, 5) is 9.76. The highest BCUT2D eigenvalue weighted by atomic mass is 16.4. The van der Waals surface area contributed by atoms with E-state index in [1.54, 1.807) is 12.4 Å². The average Bonchev–Trinajstić information content (AvgIpc) is 2.57. The SMILES string of the molecule is CCCCC(=O)O.c1cn[nH]c1. The summed E-state index contributed by atoms with van der Waals surface area (Å²) in [6.45, 7) is 1.98. The third kappa shape index (κ3) is 8.68. The minimum atomic E-state index is -0.693. The number of hydrogen-bond acceptors (Lipinski definition) is 2. The van der Waals surface area contributed by atoms with Crippen LogP contribution in [0, 0.1) is 0 Å². The Labute approximate surface area is 71.6 Å². The van der Waals surface area contributed by atoms with Crippen molar-refractivity contribution in [3.05, 3.63) is 18.5 Å². The minimum Gasteiger partial charge on any atom is -0.481 e. The van der Waals surface area contributed by atoms with E-state index in [9.17, 15) is 4.79 Å². The van der Waals surface area contributed by atoms with E-state index >= 15 is 0 Å². The number of aliphatic carboxylic acids is 1. The molecule has 0 atom stereocenters. The van der Waals surface area contributed by atoms with Crippen molar-refractivity contribution in [3.63, 3.8) is 0 Å². The molecule has 0 amide bonds. The summed E-state index contributed by atoms with van der Waals surface area (Å²) in [5, 5.41) is 14.3. The van der Waals surface area contributed by atoms with Crippen LogP contribution in [-0.4, -0.2) is 21.3 Å². The first-order valence-electron chi connectivity index (χ1n) is 3.93. The first kappa shape index (κ1) is 10.7. The summed E-state index contributed by atoms with van der Waals surface area (Å²) in [7, 11) is 0. The van der Waals surface area contributed by atoms with Crippen LogP contribution in [0.5, 0.6) is 0 Å². The Hall–Kier alpha value is -1.32. The molecule has 0 spiro atoms. The Bertz CT molecular complexity index is 168. The molecule has 4 nitrogen and oxygen atoms in total. The van der Waals surface area contributed by atoms with Crippen molar-refractivity contribution < 1.29 is 9.90 Å². The number of H-pyrrole nitrogens is 1. The topological polar surface area (TPSA) is 66.0 Å². The van der Waals surface area contributed by atoms with Crippen LogP contribution in [0.2, 0.25) is 0 Å². The number of aromatic nitrogens is 2. The Morgan fingerprint density at radius 2 is 2.42 bits per heavy atom. The number of aromatic amines is 1. The number of carbonyl (C=O) groups is 1. The summed E-state index contributed by atoms with van der Waals surface area (Å²) in [6, 6.07) is 1.83. The summed E-state index contributed by atoms with van der Waals surface area (Å²) < 4.78 is 0. The average molecular weight is 170 g/mol. The quantitative estimate of drug-likeness (QED) is 0.725. The van der Waals surface area contributed by atoms with Crippen molar-refractivity contribution in [3.8, 4) is 0 Å². The first-order chi connectivity index (χ1) is 5.77. The maximum absolute atomic E-state index is 9.76. The predicted molar refractivity (Wildman–Crippen MR) is 45.7 cm³/mol. The summed E-state index contributed by atoms with van der Waals surface area (Å²) in [6.07, 6.45) is 5.54. The summed E-state index contributed by atoms with van der Waals surface area (Å²) in [5.41, 5.74) is 0. The molecule has 1 aromatic rings. The van der Waals surface area contributed by atoms with Gasteiger partial charge in [0, 0.05) is 18.8 Å². The fourth-order valence-electron chi connectivity index (χ4n) is 0.543. The standard InChI is InChI=1S/C5H10O2.C3H4N2/c1-2-3-4-5(6)7;1-2-4-5-3-1/h2-4H2,1H3,(H,6,7);1-3H,(H,4,5). The van der Waals surface area contributed by atoms with Gasteiger partial charge in [-0.15, -0.1) is 0 Å². The van der Waals surface area contributed by atoms with Gasteiger partial charge in [-0.3, -0.25) is 9.89 Å². The van der Waals surface area contributed by atoms with Crippen molar-refractivity contribution in [2.45, 2.75) is 26.2 Å². The molecule has 0 aliphatic heterocycles. The van der Waals surface area contributed by atoms with Gasteiger partial charge < -0.3 is 5.11 Å². The van der Waals surface area contributed by atoms with Crippen molar-refractivity contribution >= 4 is 5.97 Å². The molecule has 0 saturated heterocycles. The number of rotatable bonds is 3. The van der Waals surface area contributed by atoms with E-state index < -0.39 is 5.97 Å². The second-order valence-electron chi connectivity index (χ2n) is 2.26. The lowest BCUT2D eigenvalue weighted by molar-refractivity contribution is -0.137. The number of unbranched alkanes of at least 4 members (excludes halogenated alkanes) is 1. The largest absolute Gasteiger partial charge is 0.481 e. The maximum atomic E-state index is 9.76. The fourth-order valence-corrected chi connectivity index (χ4v) is 0.543. The number of hydrogen-bond donors (Lipinski definition) is 2. The molecule has 0 saturated carbocycles. The predicted octanol–water partition coefficient (Wildman–Crippen LogP) is 1.67. The van der Waals surface area contributed by atoms with Crippen LogP contribution < -0.4 is 0 Å². The van der Waals surface area contributed by atoms with E-state index in [2.05, 4.69) is 10.2 Å². The lowest BCUT2D eigenvalue weighted by Crippen LogP contribution is -1.91. The van der Waals surface area contributed by atoms with Gasteiger partial charge in [0.1, 0.15) is 0 Å². The Balaban J connectivity index is 0.000000211.